The highest BCUT2D eigenvalue weighted by atomic mass is 16.2. The lowest BCUT2D eigenvalue weighted by Gasteiger charge is -2.44. The number of nitrogens with one attached hydrogen (secondary N) is 1. The Balaban J connectivity index is 1.98. The lowest BCUT2D eigenvalue weighted by Crippen LogP contribution is -2.66. The van der Waals surface area contributed by atoms with Crippen LogP contribution < -0.4 is 10.2 Å². The summed E-state index contributed by atoms with van der Waals surface area (Å²) in [5.74, 6) is -0.893. The van der Waals surface area contributed by atoms with Crippen molar-refractivity contribution in [1.82, 2.24) is 15.1 Å². The molecule has 1 spiro atoms. The van der Waals surface area contributed by atoms with Gasteiger partial charge in [0.25, 0.3) is 5.91 Å². The van der Waals surface area contributed by atoms with Crippen LogP contribution in [-0.2, 0) is 16.1 Å². The van der Waals surface area contributed by atoms with Crippen molar-refractivity contribution in [2.75, 3.05) is 4.90 Å². The number of carbonyl (C=O) groups is 3. The van der Waals surface area contributed by atoms with Gasteiger partial charge in [0, 0.05) is 12.7 Å². The minimum Gasteiger partial charge on any atom is -0.276 e. The number of hydrogen-bond donors (Lipinski definition) is 1. The summed E-state index contributed by atoms with van der Waals surface area (Å²) in [4.78, 5) is 37.2. The minimum atomic E-state index is -1.04. The molecule has 0 bridgehead atoms. The first-order valence-electron chi connectivity index (χ1n) is 6.31. The van der Waals surface area contributed by atoms with Crippen LogP contribution in [0, 0.1) is 5.41 Å². The van der Waals surface area contributed by atoms with Crippen molar-refractivity contribution in [3.8, 4) is 0 Å². The molecule has 4 amide bonds. The number of hydrogen-bond acceptors (Lipinski definition) is 4. The summed E-state index contributed by atoms with van der Waals surface area (Å²) in [5.41, 5.74) is -0.634. The van der Waals surface area contributed by atoms with E-state index in [1.165, 1.54) is 6.20 Å². The van der Waals surface area contributed by atoms with Gasteiger partial charge in [-0.1, -0.05) is 6.42 Å². The topological polar surface area (TPSA) is 84.3 Å². The van der Waals surface area contributed by atoms with E-state index >= 15 is 0 Å². The molecule has 7 nitrogen and oxygen atoms in total. The summed E-state index contributed by atoms with van der Waals surface area (Å²) < 4.78 is 1.62. The number of aromatic nitrogens is 2. The van der Waals surface area contributed by atoms with Gasteiger partial charge in [0.2, 0.25) is 5.91 Å². The van der Waals surface area contributed by atoms with Gasteiger partial charge in [0.05, 0.1) is 11.9 Å². The average Bonchev–Trinajstić information content (AvgIpc) is 2.75. The molecule has 1 aromatic rings. The predicted molar refractivity (Wildman–Crippen MR) is 65.2 cm³/mol. The molecule has 3 rings (SSSR count). The Morgan fingerprint density at radius 1 is 1.37 bits per heavy atom. The Labute approximate surface area is 109 Å². The Morgan fingerprint density at radius 3 is 2.63 bits per heavy atom. The van der Waals surface area contributed by atoms with Crippen LogP contribution in [0.1, 0.15) is 26.2 Å². The molecule has 1 aliphatic heterocycles. The lowest BCUT2D eigenvalue weighted by molar-refractivity contribution is -0.148. The molecule has 1 N–H and O–H groups in total. The predicted octanol–water partition coefficient (Wildman–Crippen LogP) is 0.656. The molecule has 0 unspecified atom stereocenters. The molecule has 19 heavy (non-hydrogen) atoms. The molecule has 1 aliphatic carbocycles. The van der Waals surface area contributed by atoms with Crippen LogP contribution in [0.5, 0.6) is 0 Å². The lowest BCUT2D eigenvalue weighted by atomic mass is 9.66. The van der Waals surface area contributed by atoms with Gasteiger partial charge in [0.15, 0.2) is 0 Å². The van der Waals surface area contributed by atoms with E-state index < -0.39 is 23.3 Å². The van der Waals surface area contributed by atoms with Crippen molar-refractivity contribution >= 4 is 23.5 Å². The van der Waals surface area contributed by atoms with Crippen molar-refractivity contribution in [2.45, 2.75) is 32.7 Å². The van der Waals surface area contributed by atoms with Gasteiger partial charge in [-0.05, 0) is 19.8 Å². The fourth-order valence-corrected chi connectivity index (χ4v) is 2.52. The van der Waals surface area contributed by atoms with E-state index in [2.05, 4.69) is 10.4 Å². The van der Waals surface area contributed by atoms with Crippen LogP contribution >= 0.6 is 0 Å². The number of barbiturate groups is 1. The van der Waals surface area contributed by atoms with E-state index in [-0.39, 0.29) is 0 Å². The summed E-state index contributed by atoms with van der Waals surface area (Å²) in [5, 5.41) is 6.32. The van der Waals surface area contributed by atoms with E-state index in [9.17, 15) is 14.4 Å². The Hall–Kier alpha value is -2.18. The van der Waals surface area contributed by atoms with Crippen LogP contribution in [0.2, 0.25) is 0 Å². The highest BCUT2D eigenvalue weighted by Gasteiger charge is 2.57. The number of rotatable bonds is 2. The molecule has 2 fully saturated rings. The van der Waals surface area contributed by atoms with Crippen LogP contribution in [0.3, 0.4) is 0 Å². The molecule has 0 radical (unpaired) electrons. The van der Waals surface area contributed by atoms with Crippen molar-refractivity contribution in [2.24, 2.45) is 5.41 Å². The van der Waals surface area contributed by atoms with Gasteiger partial charge in [-0.15, -0.1) is 0 Å². The molecule has 0 aromatic carbocycles. The maximum Gasteiger partial charge on any atom is 0.335 e. The van der Waals surface area contributed by atoms with Gasteiger partial charge in [0.1, 0.15) is 5.41 Å². The van der Waals surface area contributed by atoms with Crippen molar-refractivity contribution < 1.29 is 14.4 Å². The van der Waals surface area contributed by atoms with Crippen molar-refractivity contribution in [1.29, 1.82) is 0 Å². The van der Waals surface area contributed by atoms with E-state index in [4.69, 9.17) is 0 Å². The molecule has 1 aromatic heterocycles. The van der Waals surface area contributed by atoms with Crippen LogP contribution in [0.25, 0.3) is 0 Å². The normalized spacial score (nSPS) is 21.5. The Bertz CT molecular complexity index is 573. The van der Waals surface area contributed by atoms with Gasteiger partial charge in [-0.2, -0.15) is 5.10 Å². The molecule has 100 valence electrons. The van der Waals surface area contributed by atoms with Gasteiger partial charge in [-0.3, -0.25) is 19.6 Å². The second kappa shape index (κ2) is 3.91. The SMILES string of the molecule is CCn1cc(N2C(=O)NC(=O)C3(CCC3)C2=O)cn1. The maximum atomic E-state index is 12.5. The summed E-state index contributed by atoms with van der Waals surface area (Å²) in [7, 11) is 0. The first-order chi connectivity index (χ1) is 9.08. The van der Waals surface area contributed by atoms with E-state index in [1.54, 1.807) is 10.9 Å². The third-order valence-electron chi connectivity index (χ3n) is 3.88. The molecule has 7 heteroatoms. The van der Waals surface area contributed by atoms with Crippen LogP contribution in [-0.4, -0.2) is 27.6 Å². The molecular formula is C12H14N4O3. The molecule has 1 saturated carbocycles. The number of anilines is 1. The van der Waals surface area contributed by atoms with Crippen LogP contribution in [0.4, 0.5) is 10.5 Å². The summed E-state index contributed by atoms with van der Waals surface area (Å²) in [6, 6.07) is -0.692. The van der Waals surface area contributed by atoms with Crippen molar-refractivity contribution in [3.05, 3.63) is 12.4 Å². The van der Waals surface area contributed by atoms with Gasteiger partial charge in [-0.25, -0.2) is 9.69 Å². The molecule has 0 atom stereocenters. The van der Waals surface area contributed by atoms with E-state index in [1.807, 2.05) is 6.92 Å². The second-order valence-electron chi connectivity index (χ2n) is 4.89. The third-order valence-corrected chi connectivity index (χ3v) is 3.88. The van der Waals surface area contributed by atoms with Crippen LogP contribution in [0.15, 0.2) is 12.4 Å². The highest BCUT2D eigenvalue weighted by Crippen LogP contribution is 2.45. The largest absolute Gasteiger partial charge is 0.335 e. The highest BCUT2D eigenvalue weighted by molar-refractivity contribution is 6.30. The van der Waals surface area contributed by atoms with Gasteiger partial charge >= 0.3 is 6.03 Å². The zero-order valence-electron chi connectivity index (χ0n) is 10.5. The second-order valence-corrected chi connectivity index (χ2v) is 4.89. The standard InChI is InChI=1S/C12H14N4O3/c1-2-15-7-8(6-13-15)16-10(18)12(4-3-5-12)9(17)14-11(16)19/h6-7H,2-5H2,1H3,(H,14,17,19). The Morgan fingerprint density at radius 2 is 2.11 bits per heavy atom. The summed E-state index contributed by atoms with van der Waals surface area (Å²) in [6.45, 7) is 2.56. The number of aryl methyl sites for hydroxylation is 1. The fourth-order valence-electron chi connectivity index (χ4n) is 2.52. The first-order valence-corrected chi connectivity index (χ1v) is 6.31. The van der Waals surface area contributed by atoms with E-state index in [0.29, 0.717) is 25.1 Å². The third kappa shape index (κ3) is 1.50. The zero-order chi connectivity index (χ0) is 13.6. The number of amides is 4. The smallest absolute Gasteiger partial charge is 0.276 e. The summed E-state index contributed by atoms with van der Waals surface area (Å²) >= 11 is 0. The Kier molecular flexibility index (Phi) is 2.44. The molecule has 1 saturated heterocycles. The number of urea groups is 1. The quantitative estimate of drug-likeness (QED) is 0.793. The molecule has 2 heterocycles. The number of carbonyl (C=O) groups excluding carboxylic acids is 3. The number of nitrogens with zero attached hydrogens (tertiary/aromatic N) is 3. The minimum absolute atomic E-state index is 0.406. The van der Waals surface area contributed by atoms with Crippen molar-refractivity contribution in [3.63, 3.8) is 0 Å². The monoisotopic (exact) mass is 262 g/mol. The summed E-state index contributed by atoms with van der Waals surface area (Å²) in [6.07, 6.45) is 4.92. The first kappa shape index (κ1) is 11.9. The maximum absolute atomic E-state index is 12.5. The number of imide groups is 2. The molecular weight excluding hydrogens is 248 g/mol. The van der Waals surface area contributed by atoms with E-state index in [0.717, 1.165) is 11.3 Å². The van der Waals surface area contributed by atoms with Gasteiger partial charge < -0.3 is 0 Å². The molecule has 2 aliphatic rings. The average molecular weight is 262 g/mol. The zero-order valence-corrected chi connectivity index (χ0v) is 10.5. The fraction of sp³-hybridized carbons (Fsp3) is 0.500.